The van der Waals surface area contributed by atoms with Crippen LogP contribution < -0.4 is 4.90 Å². The molecule has 1 aromatic rings. The van der Waals surface area contributed by atoms with Crippen LogP contribution in [-0.4, -0.2) is 37.1 Å². The van der Waals surface area contributed by atoms with E-state index >= 15 is 0 Å². The Morgan fingerprint density at radius 2 is 2.10 bits per heavy atom. The largest absolute Gasteiger partial charge is 0.370 e. The van der Waals surface area contributed by atoms with Crippen LogP contribution in [0.15, 0.2) is 35.9 Å². The molecule has 1 saturated carbocycles. The Balaban J connectivity index is 1.78. The molecule has 21 heavy (non-hydrogen) atoms. The van der Waals surface area contributed by atoms with Crippen LogP contribution >= 0.6 is 0 Å². The summed E-state index contributed by atoms with van der Waals surface area (Å²) in [5, 5.41) is 0. The molecular weight excluding hydrogens is 256 g/mol. The lowest BCUT2D eigenvalue weighted by atomic mass is 9.58. The van der Waals surface area contributed by atoms with Gasteiger partial charge in [-0.2, -0.15) is 0 Å². The number of hydrogen-bond donors (Lipinski definition) is 0. The van der Waals surface area contributed by atoms with Gasteiger partial charge in [0.1, 0.15) is 0 Å². The molecule has 4 aliphatic rings. The average molecular weight is 280 g/mol. The zero-order chi connectivity index (χ0) is 14.2. The number of piperidine rings is 1. The molecule has 1 aromatic carbocycles. The van der Waals surface area contributed by atoms with Crippen LogP contribution in [0.3, 0.4) is 0 Å². The van der Waals surface area contributed by atoms with E-state index in [1.165, 1.54) is 38.0 Å². The SMILES string of the molecule is C/C=C1\[C@@H]2CCN3CC[C@]4(c5ccccc5N(C)[C@@H]4C2)[C@@H]13. The number of hydrogen-bond acceptors (Lipinski definition) is 2. The summed E-state index contributed by atoms with van der Waals surface area (Å²) in [6, 6.07) is 10.6. The monoisotopic (exact) mass is 280 g/mol. The lowest BCUT2D eigenvalue weighted by Gasteiger charge is -2.53. The van der Waals surface area contributed by atoms with Crippen molar-refractivity contribution in [1.82, 2.24) is 4.90 Å². The van der Waals surface area contributed by atoms with E-state index in [-0.39, 0.29) is 0 Å². The van der Waals surface area contributed by atoms with Gasteiger partial charge in [-0.05, 0) is 56.8 Å². The van der Waals surface area contributed by atoms with Gasteiger partial charge in [-0.1, -0.05) is 29.8 Å². The maximum absolute atomic E-state index is 2.79. The molecule has 5 rings (SSSR count). The molecule has 3 aliphatic heterocycles. The van der Waals surface area contributed by atoms with Crippen molar-refractivity contribution in [2.45, 2.75) is 43.7 Å². The zero-order valence-corrected chi connectivity index (χ0v) is 13.0. The molecule has 2 heteroatoms. The Kier molecular flexibility index (Phi) is 2.29. The molecular formula is C19H24N2. The van der Waals surface area contributed by atoms with Crippen molar-refractivity contribution in [3.63, 3.8) is 0 Å². The molecule has 2 nitrogen and oxygen atoms in total. The predicted molar refractivity (Wildman–Crippen MR) is 86.8 cm³/mol. The second-order valence-corrected chi connectivity index (χ2v) is 7.38. The van der Waals surface area contributed by atoms with E-state index in [4.69, 9.17) is 0 Å². The fourth-order valence-electron chi connectivity index (χ4n) is 6.16. The fraction of sp³-hybridized carbons (Fsp3) is 0.579. The van der Waals surface area contributed by atoms with E-state index in [0.29, 0.717) is 17.5 Å². The molecule has 3 heterocycles. The minimum atomic E-state index is 0.365. The third-order valence-corrected chi connectivity index (χ3v) is 6.91. The number of rotatable bonds is 0. The number of anilines is 1. The molecule has 110 valence electrons. The zero-order valence-electron chi connectivity index (χ0n) is 13.0. The number of benzene rings is 1. The van der Waals surface area contributed by atoms with Gasteiger partial charge in [0, 0.05) is 30.2 Å². The van der Waals surface area contributed by atoms with E-state index in [1.807, 2.05) is 0 Å². The van der Waals surface area contributed by atoms with Crippen molar-refractivity contribution in [3.05, 3.63) is 41.5 Å². The van der Waals surface area contributed by atoms with Crippen LogP contribution in [-0.2, 0) is 5.41 Å². The fourth-order valence-corrected chi connectivity index (χ4v) is 6.16. The topological polar surface area (TPSA) is 6.48 Å². The van der Waals surface area contributed by atoms with Gasteiger partial charge in [0.2, 0.25) is 0 Å². The van der Waals surface area contributed by atoms with Gasteiger partial charge in [-0.15, -0.1) is 0 Å². The standard InChI is InChI=1S/C19H24N2/c1-3-14-13-8-10-21-11-9-19(18(14)21)15-6-4-5-7-16(15)20(2)17(19)12-13/h3-7,13,17-18H,8-12H2,1-2H3/b14-3+/t13-,17-,18-,19-/m1/s1. The summed E-state index contributed by atoms with van der Waals surface area (Å²) < 4.78 is 0. The third kappa shape index (κ3) is 1.25. The van der Waals surface area contributed by atoms with E-state index < -0.39 is 0 Å². The highest BCUT2D eigenvalue weighted by atomic mass is 15.3. The minimum absolute atomic E-state index is 0.365. The van der Waals surface area contributed by atoms with Gasteiger partial charge in [0.15, 0.2) is 0 Å². The van der Waals surface area contributed by atoms with Gasteiger partial charge >= 0.3 is 0 Å². The Morgan fingerprint density at radius 1 is 1.24 bits per heavy atom. The van der Waals surface area contributed by atoms with Crippen molar-refractivity contribution in [2.24, 2.45) is 5.92 Å². The van der Waals surface area contributed by atoms with Gasteiger partial charge in [-0.3, -0.25) is 4.90 Å². The van der Waals surface area contributed by atoms with Gasteiger partial charge in [0.25, 0.3) is 0 Å². The molecule has 0 aromatic heterocycles. The lowest BCUT2D eigenvalue weighted by Crippen LogP contribution is -2.60. The molecule has 0 amide bonds. The average Bonchev–Trinajstić information content (AvgIpc) is 3.04. The van der Waals surface area contributed by atoms with Crippen molar-refractivity contribution in [3.8, 4) is 0 Å². The Morgan fingerprint density at radius 3 is 2.95 bits per heavy atom. The van der Waals surface area contributed by atoms with Crippen LogP contribution in [0, 0.1) is 5.92 Å². The number of para-hydroxylation sites is 1. The third-order valence-electron chi connectivity index (χ3n) is 6.91. The van der Waals surface area contributed by atoms with Crippen LogP contribution in [0.25, 0.3) is 0 Å². The quantitative estimate of drug-likeness (QED) is 0.673. The summed E-state index contributed by atoms with van der Waals surface area (Å²) in [6.07, 6.45) is 6.52. The van der Waals surface area contributed by atoms with Crippen molar-refractivity contribution in [1.29, 1.82) is 0 Å². The second kappa shape index (κ2) is 3.92. The van der Waals surface area contributed by atoms with Gasteiger partial charge < -0.3 is 4.90 Å². The Hall–Kier alpha value is -1.28. The molecule has 1 spiro atoms. The van der Waals surface area contributed by atoms with Gasteiger partial charge in [-0.25, -0.2) is 0 Å². The minimum Gasteiger partial charge on any atom is -0.370 e. The Bertz CT molecular complexity index is 634. The smallest absolute Gasteiger partial charge is 0.0428 e. The molecule has 4 atom stereocenters. The first-order chi connectivity index (χ1) is 10.3. The maximum Gasteiger partial charge on any atom is 0.0428 e. The number of fused-ring (bicyclic) bond motifs is 2. The highest BCUT2D eigenvalue weighted by Gasteiger charge is 2.64. The predicted octanol–water partition coefficient (Wildman–Crippen LogP) is 3.19. The first-order valence-corrected chi connectivity index (χ1v) is 8.50. The lowest BCUT2D eigenvalue weighted by molar-refractivity contribution is 0.118. The highest BCUT2D eigenvalue weighted by molar-refractivity contribution is 5.67. The summed E-state index contributed by atoms with van der Waals surface area (Å²) in [5.41, 5.74) is 5.24. The summed E-state index contributed by atoms with van der Waals surface area (Å²) in [5.74, 6) is 0.823. The maximum atomic E-state index is 2.79. The highest BCUT2D eigenvalue weighted by Crippen LogP contribution is 2.61. The molecule has 1 aliphatic carbocycles. The summed E-state index contributed by atoms with van der Waals surface area (Å²) in [4.78, 5) is 5.39. The van der Waals surface area contributed by atoms with E-state index in [0.717, 1.165) is 5.92 Å². The number of likely N-dealkylation sites (N-methyl/N-ethyl adjacent to an activating group) is 1. The normalized spacial score (nSPS) is 42.3. The van der Waals surface area contributed by atoms with Crippen LogP contribution in [0.1, 0.15) is 31.7 Å². The summed E-state index contributed by atoms with van der Waals surface area (Å²) >= 11 is 0. The van der Waals surface area contributed by atoms with Gasteiger partial charge in [0.05, 0.1) is 0 Å². The summed E-state index contributed by atoms with van der Waals surface area (Å²) in [7, 11) is 2.33. The second-order valence-electron chi connectivity index (χ2n) is 7.38. The van der Waals surface area contributed by atoms with Crippen molar-refractivity contribution in [2.75, 3.05) is 25.0 Å². The number of nitrogens with zero attached hydrogens (tertiary/aromatic N) is 2. The molecule has 0 unspecified atom stereocenters. The summed E-state index contributed by atoms with van der Waals surface area (Å²) in [6.45, 7) is 4.86. The Labute approximate surface area is 127 Å². The van der Waals surface area contributed by atoms with Crippen LogP contribution in [0.2, 0.25) is 0 Å². The molecule has 2 saturated heterocycles. The molecule has 0 radical (unpaired) electrons. The molecule has 0 N–H and O–H groups in total. The van der Waals surface area contributed by atoms with Crippen molar-refractivity contribution < 1.29 is 0 Å². The van der Waals surface area contributed by atoms with Crippen LogP contribution in [0.4, 0.5) is 5.69 Å². The van der Waals surface area contributed by atoms with E-state index in [2.05, 4.69) is 54.1 Å². The number of allylic oxidation sites excluding steroid dienone is 1. The molecule has 2 bridgehead atoms. The van der Waals surface area contributed by atoms with Crippen molar-refractivity contribution >= 4 is 5.69 Å². The first-order valence-electron chi connectivity index (χ1n) is 8.50. The molecule has 3 fully saturated rings. The first kappa shape index (κ1) is 12.3. The van der Waals surface area contributed by atoms with E-state index in [9.17, 15) is 0 Å². The van der Waals surface area contributed by atoms with Crippen LogP contribution in [0.5, 0.6) is 0 Å². The van der Waals surface area contributed by atoms with E-state index in [1.54, 1.807) is 11.1 Å².